The summed E-state index contributed by atoms with van der Waals surface area (Å²) >= 11 is 2.12. The fourth-order valence-corrected chi connectivity index (χ4v) is 6.79. The topological polar surface area (TPSA) is 170 Å². The van der Waals surface area contributed by atoms with E-state index >= 15 is 0 Å². The van der Waals surface area contributed by atoms with Gasteiger partial charge in [-0.3, -0.25) is 14.4 Å². The lowest BCUT2D eigenvalue weighted by Gasteiger charge is -2.31. The predicted octanol–water partition coefficient (Wildman–Crippen LogP) is 5.25. The summed E-state index contributed by atoms with van der Waals surface area (Å²) in [5.74, 6) is -3.30. The molecular formula is C38H57IN2O10. The van der Waals surface area contributed by atoms with E-state index in [1.165, 1.54) is 6.92 Å². The van der Waals surface area contributed by atoms with Crippen molar-refractivity contribution in [3.05, 3.63) is 45.0 Å². The molecule has 0 aromatic heterocycles. The number of fused-ring (bicyclic) bond motifs is 1. The number of hydrogen-bond donors (Lipinski definition) is 4. The predicted molar refractivity (Wildman–Crippen MR) is 200 cm³/mol. The Balaban J connectivity index is 1.82. The highest BCUT2D eigenvalue weighted by atomic mass is 127. The summed E-state index contributed by atoms with van der Waals surface area (Å²) in [6.45, 7) is 10.4. The van der Waals surface area contributed by atoms with Gasteiger partial charge in [-0.15, -0.1) is 0 Å². The number of amides is 2. The number of esters is 2. The zero-order valence-corrected chi connectivity index (χ0v) is 33.0. The molecule has 0 saturated carbocycles. The van der Waals surface area contributed by atoms with Crippen LogP contribution in [0.1, 0.15) is 123 Å². The Morgan fingerprint density at radius 2 is 1.71 bits per heavy atom. The third kappa shape index (κ3) is 13.4. The van der Waals surface area contributed by atoms with Crippen LogP contribution in [0.4, 0.5) is 0 Å². The molecule has 1 saturated heterocycles. The zero-order valence-electron chi connectivity index (χ0n) is 30.9. The van der Waals surface area contributed by atoms with E-state index in [0.717, 1.165) is 42.1 Å². The number of aliphatic hydroxyl groups is 2. The summed E-state index contributed by atoms with van der Waals surface area (Å²) in [4.78, 5) is 52.7. The van der Waals surface area contributed by atoms with Gasteiger partial charge in [0.05, 0.1) is 24.3 Å². The molecule has 2 aliphatic rings. The van der Waals surface area contributed by atoms with Crippen molar-refractivity contribution < 1.29 is 48.3 Å². The third-order valence-corrected chi connectivity index (χ3v) is 9.52. The summed E-state index contributed by atoms with van der Waals surface area (Å²) in [5.41, 5.74) is -0.0880. The molecule has 12 nitrogen and oxygen atoms in total. The Bertz CT molecular complexity index is 1350. The Morgan fingerprint density at radius 1 is 1.04 bits per heavy atom. The van der Waals surface area contributed by atoms with Gasteiger partial charge in [0.25, 0.3) is 0 Å². The number of nitrogens with one attached hydrogen (secondary N) is 2. The first-order valence-electron chi connectivity index (χ1n) is 18.2. The maximum absolute atomic E-state index is 13.8. The van der Waals surface area contributed by atoms with Crippen molar-refractivity contribution in [2.24, 2.45) is 0 Å². The van der Waals surface area contributed by atoms with E-state index < -0.39 is 78.2 Å². The molecule has 1 aromatic rings. The Hall–Kier alpha value is -2.59. The molecule has 0 bridgehead atoms. The van der Waals surface area contributed by atoms with Crippen molar-refractivity contribution in [1.29, 1.82) is 0 Å². The molecule has 286 valence electrons. The molecule has 1 aliphatic carbocycles. The monoisotopic (exact) mass is 828 g/mol. The van der Waals surface area contributed by atoms with E-state index in [2.05, 4.69) is 47.1 Å². The SMILES string of the molecule is CCCCCC1(CCCCC)O[C@@H]2[C@@H](C=C(C(=O)N[C@@H](C(=O)N[C@H](CO)CCC(=O)OC(C)(C)C)[C@H](C)O)C[C@H]2OC(=O)c2cccc(I)c2)O1. The van der Waals surface area contributed by atoms with Crippen molar-refractivity contribution in [2.45, 2.75) is 160 Å². The number of halogens is 1. The second-order valence-corrected chi connectivity index (χ2v) is 15.8. The number of hydrogen-bond acceptors (Lipinski definition) is 10. The lowest BCUT2D eigenvalue weighted by molar-refractivity contribution is -0.190. The maximum Gasteiger partial charge on any atom is 0.338 e. The van der Waals surface area contributed by atoms with Gasteiger partial charge in [0.2, 0.25) is 11.8 Å². The number of benzene rings is 1. The average Bonchev–Trinajstić information content (AvgIpc) is 3.43. The van der Waals surface area contributed by atoms with Crippen LogP contribution in [0.5, 0.6) is 0 Å². The minimum Gasteiger partial charge on any atom is -0.460 e. The van der Waals surface area contributed by atoms with Crippen LogP contribution in [0.3, 0.4) is 0 Å². The summed E-state index contributed by atoms with van der Waals surface area (Å²) < 4.78 is 25.6. The molecule has 4 N–H and O–H groups in total. The second-order valence-electron chi connectivity index (χ2n) is 14.5. The number of carbonyl (C=O) groups excluding carboxylic acids is 4. The lowest BCUT2D eigenvalue weighted by Crippen LogP contribution is -2.55. The molecular weight excluding hydrogens is 771 g/mol. The van der Waals surface area contributed by atoms with Crippen molar-refractivity contribution in [2.75, 3.05) is 6.61 Å². The van der Waals surface area contributed by atoms with Crippen molar-refractivity contribution in [3.63, 3.8) is 0 Å². The van der Waals surface area contributed by atoms with Gasteiger partial charge in [-0.2, -0.15) is 0 Å². The Labute approximate surface area is 315 Å². The molecule has 1 heterocycles. The van der Waals surface area contributed by atoms with E-state index in [1.807, 2.05) is 6.07 Å². The van der Waals surface area contributed by atoms with Crippen molar-refractivity contribution >= 4 is 46.3 Å². The molecule has 1 aromatic carbocycles. The van der Waals surface area contributed by atoms with Gasteiger partial charge in [0.1, 0.15) is 30.0 Å². The van der Waals surface area contributed by atoms with Crippen LogP contribution in [0.25, 0.3) is 0 Å². The van der Waals surface area contributed by atoms with Gasteiger partial charge < -0.3 is 39.8 Å². The Morgan fingerprint density at radius 3 is 2.27 bits per heavy atom. The molecule has 13 heteroatoms. The summed E-state index contributed by atoms with van der Waals surface area (Å²) in [6.07, 6.45) is 5.37. The molecule has 51 heavy (non-hydrogen) atoms. The van der Waals surface area contributed by atoms with E-state index in [1.54, 1.807) is 45.0 Å². The van der Waals surface area contributed by atoms with Gasteiger partial charge in [-0.05, 0) is 93.8 Å². The minimum absolute atomic E-state index is 0.00464. The first-order valence-corrected chi connectivity index (χ1v) is 19.3. The second kappa shape index (κ2) is 20.0. The van der Waals surface area contributed by atoms with E-state index in [9.17, 15) is 29.4 Å². The molecule has 0 spiro atoms. The highest BCUT2D eigenvalue weighted by molar-refractivity contribution is 14.1. The van der Waals surface area contributed by atoms with Crippen molar-refractivity contribution in [1.82, 2.24) is 10.6 Å². The van der Waals surface area contributed by atoms with Gasteiger partial charge in [-0.25, -0.2) is 4.79 Å². The fraction of sp³-hybridized carbons (Fsp3) is 0.684. The van der Waals surface area contributed by atoms with Crippen LogP contribution in [0.2, 0.25) is 0 Å². The highest BCUT2D eigenvalue weighted by Gasteiger charge is 2.52. The molecule has 1 aliphatic heterocycles. The van der Waals surface area contributed by atoms with Crippen LogP contribution in [-0.4, -0.2) is 88.5 Å². The molecule has 1 fully saturated rings. The van der Waals surface area contributed by atoms with Crippen LogP contribution in [0, 0.1) is 3.57 Å². The lowest BCUT2D eigenvalue weighted by atomic mass is 9.91. The van der Waals surface area contributed by atoms with Crippen LogP contribution in [0.15, 0.2) is 35.9 Å². The fourth-order valence-electron chi connectivity index (χ4n) is 6.24. The Kier molecular flexibility index (Phi) is 16.8. The summed E-state index contributed by atoms with van der Waals surface area (Å²) in [5, 5.41) is 25.7. The average molecular weight is 829 g/mol. The van der Waals surface area contributed by atoms with E-state index in [0.29, 0.717) is 18.4 Å². The molecule has 2 amide bonds. The molecule has 6 atom stereocenters. The number of unbranched alkanes of at least 4 members (excludes halogenated alkanes) is 4. The third-order valence-electron chi connectivity index (χ3n) is 8.85. The van der Waals surface area contributed by atoms with Crippen LogP contribution in [-0.2, 0) is 33.3 Å². The number of rotatable bonds is 19. The summed E-state index contributed by atoms with van der Waals surface area (Å²) in [6, 6.07) is 4.81. The molecule has 0 radical (unpaired) electrons. The van der Waals surface area contributed by atoms with Crippen molar-refractivity contribution in [3.8, 4) is 0 Å². The smallest absolute Gasteiger partial charge is 0.338 e. The molecule has 0 unspecified atom stereocenters. The standard InChI is InChI=1S/C38H57IN2O10/c1-7-9-11-18-38(19-12-10-8-2)49-30-22-26(21-29(33(30)51-38)48-36(47)25-14-13-15-27(39)20-25)34(45)41-32(24(3)43)35(46)40-28(23-42)16-17-31(44)50-37(4,5)6/h13-15,20,22,24,28-30,32-33,42-43H,7-12,16-19,21,23H2,1-6H3,(H,40,46)(H,41,45)/t24-,28-,29+,30+,32+,33-/m0/s1. The minimum atomic E-state index is -1.39. The number of aliphatic hydroxyl groups excluding tert-OH is 2. The first kappa shape index (κ1) is 42.8. The largest absolute Gasteiger partial charge is 0.460 e. The van der Waals surface area contributed by atoms with Gasteiger partial charge in [0, 0.05) is 34.8 Å². The van der Waals surface area contributed by atoms with Gasteiger partial charge in [0.15, 0.2) is 5.79 Å². The van der Waals surface area contributed by atoms with E-state index in [-0.39, 0.29) is 24.8 Å². The number of carbonyl (C=O) groups is 4. The maximum atomic E-state index is 13.8. The summed E-state index contributed by atoms with van der Waals surface area (Å²) in [7, 11) is 0. The van der Waals surface area contributed by atoms with Gasteiger partial charge >= 0.3 is 11.9 Å². The normalized spacial score (nSPS) is 21.4. The van der Waals surface area contributed by atoms with E-state index in [4.69, 9.17) is 18.9 Å². The molecule has 3 rings (SSSR count). The van der Waals surface area contributed by atoms with Crippen LogP contribution < -0.4 is 10.6 Å². The number of ether oxygens (including phenoxy) is 4. The highest BCUT2D eigenvalue weighted by Crippen LogP contribution is 2.43. The van der Waals surface area contributed by atoms with Gasteiger partial charge in [-0.1, -0.05) is 45.6 Å². The van der Waals surface area contributed by atoms with Crippen LogP contribution >= 0.6 is 22.6 Å². The first-order chi connectivity index (χ1) is 24.1. The zero-order chi connectivity index (χ0) is 37.8. The quantitative estimate of drug-likeness (QED) is 0.0821.